The Labute approximate surface area is 180 Å². The lowest BCUT2D eigenvalue weighted by Crippen LogP contribution is -2.37. The van der Waals surface area contributed by atoms with Crippen LogP contribution >= 0.6 is 0 Å². The molecule has 4 rings (SSSR count). The molecule has 0 aromatic heterocycles. The van der Waals surface area contributed by atoms with E-state index in [1.54, 1.807) is 0 Å². The summed E-state index contributed by atoms with van der Waals surface area (Å²) in [6.45, 7) is 2.94. The third kappa shape index (κ3) is 3.97. The highest BCUT2D eigenvalue weighted by atomic mass is 16.5. The van der Waals surface area contributed by atoms with Crippen molar-refractivity contribution in [1.82, 2.24) is 4.90 Å². The van der Waals surface area contributed by atoms with Crippen molar-refractivity contribution in [3.8, 4) is 5.75 Å². The molecule has 3 aliphatic rings. The zero-order valence-corrected chi connectivity index (χ0v) is 18.3. The monoisotopic (exact) mass is 407 g/mol. The molecule has 0 amide bonds. The molecule has 4 nitrogen and oxygen atoms in total. The van der Waals surface area contributed by atoms with E-state index in [2.05, 4.69) is 24.0 Å². The van der Waals surface area contributed by atoms with Crippen molar-refractivity contribution in [3.63, 3.8) is 0 Å². The average molecular weight is 408 g/mol. The summed E-state index contributed by atoms with van der Waals surface area (Å²) in [5.74, 6) is 1.05. The van der Waals surface area contributed by atoms with Gasteiger partial charge >= 0.3 is 0 Å². The van der Waals surface area contributed by atoms with E-state index in [0.29, 0.717) is 12.8 Å². The summed E-state index contributed by atoms with van der Waals surface area (Å²) in [4.78, 5) is 28.1. The highest BCUT2D eigenvalue weighted by Crippen LogP contribution is 2.48. The number of carbonyl (C=O) groups is 2. The second-order valence-corrected chi connectivity index (χ2v) is 8.74. The topological polar surface area (TPSA) is 46.6 Å². The highest BCUT2D eigenvalue weighted by molar-refractivity contribution is 6.06. The van der Waals surface area contributed by atoms with Crippen molar-refractivity contribution >= 4 is 11.6 Å². The van der Waals surface area contributed by atoms with E-state index in [0.717, 1.165) is 72.6 Å². The second-order valence-electron chi connectivity index (χ2n) is 8.74. The molecule has 0 N–H and O–H groups in total. The molecule has 4 heteroatoms. The van der Waals surface area contributed by atoms with Crippen LogP contribution in [0.15, 0.2) is 46.8 Å². The van der Waals surface area contributed by atoms with Crippen LogP contribution in [0.4, 0.5) is 0 Å². The predicted molar refractivity (Wildman–Crippen MR) is 118 cm³/mol. The predicted octanol–water partition coefficient (Wildman–Crippen LogP) is 5.69. The Balaban J connectivity index is 1.63. The van der Waals surface area contributed by atoms with E-state index >= 15 is 0 Å². The van der Waals surface area contributed by atoms with Crippen LogP contribution in [0.2, 0.25) is 0 Å². The van der Waals surface area contributed by atoms with Gasteiger partial charge in [0.2, 0.25) is 0 Å². The number of nitrogens with zero attached hydrogens (tertiary/aromatic N) is 1. The van der Waals surface area contributed by atoms with Crippen LogP contribution in [0.1, 0.15) is 82.6 Å². The molecule has 160 valence electrons. The first-order valence-corrected chi connectivity index (χ1v) is 11.6. The maximum atomic E-state index is 13.0. The minimum Gasteiger partial charge on any atom is -0.494 e. The van der Waals surface area contributed by atoms with Crippen molar-refractivity contribution in [2.75, 3.05) is 13.7 Å². The summed E-state index contributed by atoms with van der Waals surface area (Å²) < 4.78 is 5.90. The maximum Gasteiger partial charge on any atom is 0.161 e. The van der Waals surface area contributed by atoms with Crippen LogP contribution < -0.4 is 4.74 Å². The number of hydrogen-bond donors (Lipinski definition) is 0. The van der Waals surface area contributed by atoms with E-state index in [1.165, 1.54) is 19.3 Å². The lowest BCUT2D eigenvalue weighted by atomic mass is 9.71. The van der Waals surface area contributed by atoms with Gasteiger partial charge in [-0.2, -0.15) is 0 Å². The first-order valence-electron chi connectivity index (χ1n) is 11.6. The van der Waals surface area contributed by atoms with Crippen molar-refractivity contribution in [1.29, 1.82) is 0 Å². The Hall–Kier alpha value is -2.36. The van der Waals surface area contributed by atoms with E-state index in [4.69, 9.17) is 4.74 Å². The van der Waals surface area contributed by atoms with E-state index in [1.807, 2.05) is 19.2 Å². The molecule has 30 heavy (non-hydrogen) atoms. The first-order chi connectivity index (χ1) is 14.6. The summed E-state index contributed by atoms with van der Waals surface area (Å²) >= 11 is 0. The summed E-state index contributed by atoms with van der Waals surface area (Å²) in [6, 6.07) is 8.09. The van der Waals surface area contributed by atoms with Gasteiger partial charge in [0.1, 0.15) is 5.75 Å². The Kier molecular flexibility index (Phi) is 6.40. The Morgan fingerprint density at radius 3 is 2.03 bits per heavy atom. The molecule has 0 saturated heterocycles. The smallest absolute Gasteiger partial charge is 0.161 e. The Morgan fingerprint density at radius 1 is 0.867 bits per heavy atom. The normalized spacial score (nSPS) is 19.9. The molecule has 1 aliphatic heterocycles. The fourth-order valence-corrected chi connectivity index (χ4v) is 5.16. The molecule has 0 fully saturated rings. The van der Waals surface area contributed by atoms with Gasteiger partial charge in [0.25, 0.3) is 0 Å². The number of rotatable bonds is 7. The first kappa shape index (κ1) is 20.9. The summed E-state index contributed by atoms with van der Waals surface area (Å²) in [7, 11) is 2.04. The number of allylic oxidation sites excluding steroid dienone is 4. The number of unbranched alkanes of at least 4 members (excludes halogenated alkanes) is 3. The minimum absolute atomic E-state index is 0.203. The summed E-state index contributed by atoms with van der Waals surface area (Å²) in [5, 5.41) is 0. The number of Topliss-reactive ketones (excluding diaryl/α,β-unsaturated/α-hetero) is 2. The fourth-order valence-electron chi connectivity index (χ4n) is 5.16. The molecule has 0 atom stereocenters. The number of ketones is 2. The quantitative estimate of drug-likeness (QED) is 0.545. The van der Waals surface area contributed by atoms with E-state index < -0.39 is 0 Å². The third-order valence-corrected chi connectivity index (χ3v) is 6.72. The molecule has 0 spiro atoms. The van der Waals surface area contributed by atoms with Gasteiger partial charge < -0.3 is 9.64 Å². The minimum atomic E-state index is -0.217. The van der Waals surface area contributed by atoms with Crippen LogP contribution in [0.5, 0.6) is 5.75 Å². The lowest BCUT2D eigenvalue weighted by Gasteiger charge is -2.42. The molecule has 1 heterocycles. The molecule has 2 aliphatic carbocycles. The summed E-state index contributed by atoms with van der Waals surface area (Å²) in [5.41, 5.74) is 4.99. The van der Waals surface area contributed by atoms with Crippen LogP contribution in [-0.4, -0.2) is 30.1 Å². The SMILES string of the molecule is CCCCCCOc1ccc(C2C3=C(CCCC3=O)N(C)C3=C2C(=O)CCC3)cc1. The van der Waals surface area contributed by atoms with Crippen LogP contribution in [0.3, 0.4) is 0 Å². The molecule has 0 radical (unpaired) electrons. The molecule has 0 bridgehead atoms. The van der Waals surface area contributed by atoms with Crippen molar-refractivity contribution in [2.24, 2.45) is 0 Å². The molecule has 0 unspecified atom stereocenters. The van der Waals surface area contributed by atoms with Gasteiger partial charge in [-0.15, -0.1) is 0 Å². The van der Waals surface area contributed by atoms with Crippen molar-refractivity contribution in [3.05, 3.63) is 52.4 Å². The standard InChI is InChI=1S/C26H33NO3/c1-3-4-5-6-17-30-19-15-13-18(14-16-19)24-25-20(9-7-11-22(25)28)27(2)21-10-8-12-23(29)26(21)24/h13-16,24H,3-12,17H2,1-2H3. The van der Waals surface area contributed by atoms with Crippen LogP contribution in [0.25, 0.3) is 0 Å². The zero-order chi connectivity index (χ0) is 21.1. The van der Waals surface area contributed by atoms with E-state index in [-0.39, 0.29) is 17.5 Å². The largest absolute Gasteiger partial charge is 0.494 e. The van der Waals surface area contributed by atoms with Crippen LogP contribution in [-0.2, 0) is 9.59 Å². The Bertz CT molecular complexity index is 834. The average Bonchev–Trinajstić information content (AvgIpc) is 2.76. The summed E-state index contributed by atoms with van der Waals surface area (Å²) in [6.07, 6.45) is 9.52. The zero-order valence-electron chi connectivity index (χ0n) is 18.3. The van der Waals surface area contributed by atoms with Gasteiger partial charge in [0, 0.05) is 48.3 Å². The number of benzene rings is 1. The molecule has 1 aromatic carbocycles. The fraction of sp³-hybridized carbons (Fsp3) is 0.538. The van der Waals surface area contributed by atoms with Gasteiger partial charge in [-0.3, -0.25) is 9.59 Å². The van der Waals surface area contributed by atoms with Crippen molar-refractivity contribution < 1.29 is 14.3 Å². The molecule has 1 aromatic rings. The number of ether oxygens (including phenoxy) is 1. The van der Waals surface area contributed by atoms with Crippen molar-refractivity contribution in [2.45, 2.75) is 77.0 Å². The van der Waals surface area contributed by atoms with Crippen LogP contribution in [0, 0.1) is 0 Å². The highest BCUT2D eigenvalue weighted by Gasteiger charge is 2.42. The van der Waals surface area contributed by atoms with Gasteiger partial charge in [-0.25, -0.2) is 0 Å². The number of hydrogen-bond acceptors (Lipinski definition) is 4. The van der Waals surface area contributed by atoms with Gasteiger partial charge in [-0.1, -0.05) is 38.3 Å². The second kappa shape index (κ2) is 9.20. The molecular formula is C26H33NO3. The molecule has 0 saturated carbocycles. The lowest BCUT2D eigenvalue weighted by molar-refractivity contribution is -0.117. The third-order valence-electron chi connectivity index (χ3n) is 6.72. The maximum absolute atomic E-state index is 13.0. The Morgan fingerprint density at radius 2 is 1.47 bits per heavy atom. The van der Waals surface area contributed by atoms with Gasteiger partial charge in [-0.05, 0) is 49.8 Å². The van der Waals surface area contributed by atoms with Gasteiger partial charge in [0.05, 0.1) is 6.61 Å². The van der Waals surface area contributed by atoms with E-state index in [9.17, 15) is 9.59 Å². The van der Waals surface area contributed by atoms with Gasteiger partial charge in [0.15, 0.2) is 11.6 Å². The molecular weight excluding hydrogens is 374 g/mol. The number of carbonyl (C=O) groups excluding carboxylic acids is 2.